The van der Waals surface area contributed by atoms with Crippen molar-refractivity contribution in [1.82, 2.24) is 15.0 Å². The first kappa shape index (κ1) is 14.5. The summed E-state index contributed by atoms with van der Waals surface area (Å²) in [5, 5.41) is 8.59. The number of hydrogen-bond donors (Lipinski definition) is 0. The molecular formula is C16H20BrN3O2. The number of halogens is 1. The topological polar surface area (TPSA) is 49.2 Å². The summed E-state index contributed by atoms with van der Waals surface area (Å²) in [7, 11) is 0. The first-order chi connectivity index (χ1) is 10.8. The summed E-state index contributed by atoms with van der Waals surface area (Å²) < 4.78 is 14.5. The number of hydrogen-bond acceptors (Lipinski definition) is 4. The molecule has 0 bridgehead atoms. The Morgan fingerprint density at radius 1 is 1.27 bits per heavy atom. The minimum atomic E-state index is 0.210. The Kier molecular flexibility index (Phi) is 4.05. The molecule has 0 N–H and O–H groups in total. The van der Waals surface area contributed by atoms with E-state index in [0.717, 1.165) is 53.2 Å². The third kappa shape index (κ3) is 2.99. The van der Waals surface area contributed by atoms with Crippen LogP contribution < -0.4 is 4.74 Å². The Morgan fingerprint density at radius 2 is 2.18 bits per heavy atom. The maximum absolute atomic E-state index is 5.94. The largest absolute Gasteiger partial charge is 0.490 e. The number of ether oxygens (including phenoxy) is 2. The van der Waals surface area contributed by atoms with Gasteiger partial charge < -0.3 is 9.47 Å². The van der Waals surface area contributed by atoms with Gasteiger partial charge in [-0.05, 0) is 66.1 Å². The second kappa shape index (κ2) is 6.16. The van der Waals surface area contributed by atoms with E-state index in [0.29, 0.717) is 6.61 Å². The molecule has 0 amide bonds. The molecule has 22 heavy (non-hydrogen) atoms. The van der Waals surface area contributed by atoms with Gasteiger partial charge in [-0.1, -0.05) is 5.21 Å². The molecule has 1 aromatic heterocycles. The second-order valence-corrected chi connectivity index (χ2v) is 7.05. The fourth-order valence-corrected chi connectivity index (χ4v) is 3.43. The van der Waals surface area contributed by atoms with Crippen molar-refractivity contribution in [3.05, 3.63) is 16.6 Å². The Bertz CT molecular complexity index is 663. The number of benzene rings is 1. The van der Waals surface area contributed by atoms with E-state index in [9.17, 15) is 0 Å². The third-order valence-corrected chi connectivity index (χ3v) is 5.18. The van der Waals surface area contributed by atoms with Crippen LogP contribution in [0.1, 0.15) is 32.1 Å². The van der Waals surface area contributed by atoms with Crippen molar-refractivity contribution in [2.45, 2.75) is 44.8 Å². The monoisotopic (exact) mass is 365 g/mol. The number of rotatable bonds is 5. The summed E-state index contributed by atoms with van der Waals surface area (Å²) in [6.45, 7) is 2.42. The SMILES string of the molecule is Brc1c(OCC2CCCCO2)ccc2c1nnn2CC1CC1. The molecule has 1 aliphatic heterocycles. The van der Waals surface area contributed by atoms with Gasteiger partial charge in [-0.2, -0.15) is 0 Å². The molecule has 1 saturated carbocycles. The van der Waals surface area contributed by atoms with E-state index in [2.05, 4.69) is 32.3 Å². The van der Waals surface area contributed by atoms with Gasteiger partial charge in [0.25, 0.3) is 0 Å². The quantitative estimate of drug-likeness (QED) is 0.812. The summed E-state index contributed by atoms with van der Waals surface area (Å²) in [6, 6.07) is 4.06. The Hall–Kier alpha value is -1.14. The van der Waals surface area contributed by atoms with Gasteiger partial charge in [-0.3, -0.25) is 0 Å². The van der Waals surface area contributed by atoms with Crippen LogP contribution in [0.4, 0.5) is 0 Å². The smallest absolute Gasteiger partial charge is 0.136 e. The van der Waals surface area contributed by atoms with Crippen molar-refractivity contribution in [3.63, 3.8) is 0 Å². The molecular weight excluding hydrogens is 346 g/mol. The lowest BCUT2D eigenvalue weighted by molar-refractivity contribution is -0.0111. The summed E-state index contributed by atoms with van der Waals surface area (Å²) >= 11 is 3.62. The molecule has 1 unspecified atom stereocenters. The van der Waals surface area contributed by atoms with Crippen LogP contribution in [0.5, 0.6) is 5.75 Å². The summed E-state index contributed by atoms with van der Waals surface area (Å²) in [5.74, 6) is 1.60. The van der Waals surface area contributed by atoms with E-state index >= 15 is 0 Å². The maximum atomic E-state index is 5.94. The van der Waals surface area contributed by atoms with E-state index in [1.807, 2.05) is 10.7 Å². The van der Waals surface area contributed by atoms with Crippen LogP contribution in [0.25, 0.3) is 11.0 Å². The van der Waals surface area contributed by atoms with Crippen molar-refractivity contribution in [3.8, 4) is 5.75 Å². The minimum Gasteiger partial charge on any atom is -0.490 e. The lowest BCUT2D eigenvalue weighted by Crippen LogP contribution is -2.25. The Morgan fingerprint density at radius 3 is 2.95 bits per heavy atom. The van der Waals surface area contributed by atoms with E-state index in [-0.39, 0.29) is 6.10 Å². The van der Waals surface area contributed by atoms with Gasteiger partial charge in [0.15, 0.2) is 0 Å². The molecule has 1 saturated heterocycles. The van der Waals surface area contributed by atoms with Crippen molar-refractivity contribution in [2.24, 2.45) is 5.92 Å². The van der Waals surface area contributed by atoms with Crippen LogP contribution in [-0.4, -0.2) is 34.3 Å². The van der Waals surface area contributed by atoms with Crippen LogP contribution in [0.3, 0.4) is 0 Å². The normalized spacial score (nSPS) is 22.1. The fourth-order valence-electron chi connectivity index (χ4n) is 2.90. The molecule has 1 aliphatic carbocycles. The highest BCUT2D eigenvalue weighted by molar-refractivity contribution is 9.10. The summed E-state index contributed by atoms with van der Waals surface area (Å²) in [4.78, 5) is 0. The van der Waals surface area contributed by atoms with E-state index in [1.165, 1.54) is 19.3 Å². The molecule has 118 valence electrons. The molecule has 2 aliphatic rings. The van der Waals surface area contributed by atoms with Gasteiger partial charge in [0.05, 0.1) is 16.1 Å². The minimum absolute atomic E-state index is 0.210. The van der Waals surface area contributed by atoms with Crippen molar-refractivity contribution >= 4 is 27.0 Å². The zero-order chi connectivity index (χ0) is 14.9. The molecule has 0 spiro atoms. The summed E-state index contributed by atoms with van der Waals surface area (Å²) in [6.07, 6.45) is 6.30. The van der Waals surface area contributed by atoms with Crippen molar-refractivity contribution in [1.29, 1.82) is 0 Å². The lowest BCUT2D eigenvalue weighted by Gasteiger charge is -2.22. The van der Waals surface area contributed by atoms with Gasteiger partial charge in [0.1, 0.15) is 17.9 Å². The third-order valence-electron chi connectivity index (χ3n) is 4.42. The standard InChI is InChI=1S/C16H20BrN3O2/c17-15-14(22-10-12-3-1-2-8-21-12)7-6-13-16(15)18-19-20(13)9-11-4-5-11/h6-7,11-12H,1-5,8-10H2. The molecule has 1 aromatic carbocycles. The molecule has 0 radical (unpaired) electrons. The molecule has 2 fully saturated rings. The first-order valence-electron chi connectivity index (χ1n) is 8.07. The van der Waals surface area contributed by atoms with Gasteiger partial charge in [0.2, 0.25) is 0 Å². The van der Waals surface area contributed by atoms with Gasteiger partial charge in [0, 0.05) is 13.2 Å². The van der Waals surface area contributed by atoms with Crippen molar-refractivity contribution in [2.75, 3.05) is 13.2 Å². The average molecular weight is 366 g/mol. The second-order valence-electron chi connectivity index (χ2n) is 6.26. The van der Waals surface area contributed by atoms with Crippen LogP contribution in [0.15, 0.2) is 16.6 Å². The first-order valence-corrected chi connectivity index (χ1v) is 8.86. The van der Waals surface area contributed by atoms with E-state index in [4.69, 9.17) is 9.47 Å². The van der Waals surface area contributed by atoms with E-state index in [1.54, 1.807) is 0 Å². The molecule has 5 nitrogen and oxygen atoms in total. The van der Waals surface area contributed by atoms with Crippen LogP contribution in [0, 0.1) is 5.92 Å². The average Bonchev–Trinajstić information content (AvgIpc) is 3.27. The van der Waals surface area contributed by atoms with Crippen molar-refractivity contribution < 1.29 is 9.47 Å². The highest BCUT2D eigenvalue weighted by Gasteiger charge is 2.24. The van der Waals surface area contributed by atoms with Crippen LogP contribution in [0.2, 0.25) is 0 Å². The Labute approximate surface area is 138 Å². The number of aromatic nitrogens is 3. The molecule has 1 atom stereocenters. The molecule has 2 heterocycles. The molecule has 6 heteroatoms. The highest BCUT2D eigenvalue weighted by atomic mass is 79.9. The van der Waals surface area contributed by atoms with Gasteiger partial charge >= 0.3 is 0 Å². The lowest BCUT2D eigenvalue weighted by atomic mass is 10.1. The Balaban J connectivity index is 1.50. The van der Waals surface area contributed by atoms with Gasteiger partial charge in [-0.15, -0.1) is 5.10 Å². The zero-order valence-electron chi connectivity index (χ0n) is 12.5. The fraction of sp³-hybridized carbons (Fsp3) is 0.625. The van der Waals surface area contributed by atoms with E-state index < -0.39 is 0 Å². The van der Waals surface area contributed by atoms with Gasteiger partial charge in [-0.25, -0.2) is 4.68 Å². The summed E-state index contributed by atoms with van der Waals surface area (Å²) in [5.41, 5.74) is 1.95. The number of nitrogens with zero attached hydrogens (tertiary/aromatic N) is 3. The predicted octanol–water partition coefficient (Wildman–Crippen LogP) is 3.55. The maximum Gasteiger partial charge on any atom is 0.136 e. The van der Waals surface area contributed by atoms with Crippen LogP contribution >= 0.6 is 15.9 Å². The zero-order valence-corrected chi connectivity index (χ0v) is 14.1. The molecule has 4 rings (SSSR count). The highest BCUT2D eigenvalue weighted by Crippen LogP contribution is 2.35. The molecule has 2 aromatic rings. The number of fused-ring (bicyclic) bond motifs is 1. The van der Waals surface area contributed by atoms with Crippen LogP contribution in [-0.2, 0) is 11.3 Å². The predicted molar refractivity (Wildman–Crippen MR) is 87.0 cm³/mol.